The van der Waals surface area contributed by atoms with Gasteiger partial charge in [0.05, 0.1) is 6.54 Å². The zero-order valence-corrected chi connectivity index (χ0v) is 17.3. The van der Waals surface area contributed by atoms with Gasteiger partial charge in [0.25, 0.3) is 5.91 Å². The molecule has 0 radical (unpaired) electrons. The van der Waals surface area contributed by atoms with Crippen molar-refractivity contribution in [3.63, 3.8) is 0 Å². The molecule has 4 amide bonds. The molecular weight excluding hydrogens is 392 g/mol. The van der Waals surface area contributed by atoms with Crippen LogP contribution in [0.15, 0.2) is 48.5 Å². The number of aryl methyl sites for hydroxylation is 1. The molecule has 0 bridgehead atoms. The highest BCUT2D eigenvalue weighted by atomic mass is 16.2. The Morgan fingerprint density at radius 1 is 1.10 bits per heavy atom. The molecule has 3 unspecified atom stereocenters. The van der Waals surface area contributed by atoms with Crippen LogP contribution < -0.4 is 16.0 Å². The Bertz CT molecular complexity index is 1020. The number of fused-ring (bicyclic) bond motifs is 3. The lowest BCUT2D eigenvalue weighted by molar-refractivity contribution is -0.123. The van der Waals surface area contributed by atoms with E-state index in [9.17, 15) is 14.4 Å². The van der Waals surface area contributed by atoms with Gasteiger partial charge in [-0.3, -0.25) is 9.59 Å². The van der Waals surface area contributed by atoms with Crippen molar-refractivity contribution in [3.05, 3.63) is 70.8 Å². The van der Waals surface area contributed by atoms with Crippen LogP contribution in [0.2, 0.25) is 0 Å². The van der Waals surface area contributed by atoms with Crippen LogP contribution in [0.4, 0.5) is 4.79 Å². The second-order valence-corrected chi connectivity index (χ2v) is 8.55. The van der Waals surface area contributed by atoms with Crippen LogP contribution in [0.3, 0.4) is 0 Å². The average Bonchev–Trinajstić information content (AvgIpc) is 3.50. The van der Waals surface area contributed by atoms with E-state index in [0.29, 0.717) is 37.0 Å². The number of hydrogen-bond acceptors (Lipinski definition) is 3. The fraction of sp³-hybridized carbons (Fsp3) is 0.375. The van der Waals surface area contributed by atoms with Gasteiger partial charge in [0.1, 0.15) is 0 Å². The summed E-state index contributed by atoms with van der Waals surface area (Å²) in [7, 11) is 0. The average molecular weight is 418 g/mol. The Morgan fingerprint density at radius 3 is 2.71 bits per heavy atom. The summed E-state index contributed by atoms with van der Waals surface area (Å²) < 4.78 is 0. The van der Waals surface area contributed by atoms with E-state index in [-0.39, 0.29) is 30.4 Å². The summed E-state index contributed by atoms with van der Waals surface area (Å²) >= 11 is 0. The molecule has 2 fully saturated rings. The number of nitrogens with zero attached hydrogens (tertiary/aromatic N) is 1. The van der Waals surface area contributed by atoms with E-state index in [1.54, 1.807) is 17.0 Å². The Labute approximate surface area is 181 Å². The minimum atomic E-state index is -0.156. The van der Waals surface area contributed by atoms with Crippen molar-refractivity contribution in [1.29, 1.82) is 0 Å². The third-order valence-electron chi connectivity index (χ3n) is 6.61. The van der Waals surface area contributed by atoms with Crippen LogP contribution in [0.1, 0.15) is 39.4 Å². The molecular formula is C24H26N4O3. The van der Waals surface area contributed by atoms with Crippen molar-refractivity contribution < 1.29 is 14.4 Å². The molecule has 3 aliphatic rings. The third-order valence-corrected chi connectivity index (χ3v) is 6.61. The maximum atomic E-state index is 12.5. The van der Waals surface area contributed by atoms with Crippen molar-refractivity contribution in [2.45, 2.75) is 31.3 Å². The monoisotopic (exact) mass is 418 g/mol. The van der Waals surface area contributed by atoms with Crippen molar-refractivity contribution in [2.24, 2.45) is 5.92 Å². The number of hydrogen-bond donors (Lipinski definition) is 3. The number of amides is 4. The summed E-state index contributed by atoms with van der Waals surface area (Å²) in [6.45, 7) is 1.48. The van der Waals surface area contributed by atoms with Crippen LogP contribution in [0, 0.1) is 5.92 Å². The molecule has 3 N–H and O–H groups in total. The second-order valence-electron chi connectivity index (χ2n) is 8.55. The number of urea groups is 1. The fourth-order valence-electron chi connectivity index (χ4n) is 4.91. The molecule has 0 spiro atoms. The molecule has 2 aliphatic carbocycles. The van der Waals surface area contributed by atoms with Gasteiger partial charge in [-0.25, -0.2) is 4.79 Å². The molecule has 3 atom stereocenters. The number of nitrogens with one attached hydrogen (secondary N) is 3. The minimum absolute atomic E-state index is 0.0932. The molecule has 1 heterocycles. The second kappa shape index (κ2) is 8.06. The summed E-state index contributed by atoms with van der Waals surface area (Å²) in [4.78, 5) is 38.0. The smallest absolute Gasteiger partial charge is 0.315 e. The molecule has 5 rings (SSSR count). The summed E-state index contributed by atoms with van der Waals surface area (Å²) in [6, 6.07) is 15.8. The molecule has 7 heteroatoms. The zero-order chi connectivity index (χ0) is 21.4. The van der Waals surface area contributed by atoms with Gasteiger partial charge in [0.15, 0.2) is 0 Å². The van der Waals surface area contributed by atoms with Gasteiger partial charge in [0, 0.05) is 37.2 Å². The normalized spacial score (nSPS) is 23.8. The first-order valence-electron chi connectivity index (χ1n) is 10.9. The highest BCUT2D eigenvalue weighted by Crippen LogP contribution is 2.54. The topological polar surface area (TPSA) is 90.5 Å². The number of piperazine rings is 1. The van der Waals surface area contributed by atoms with Crippen LogP contribution in [0.25, 0.3) is 0 Å². The largest absolute Gasteiger partial charge is 0.353 e. The first-order chi connectivity index (χ1) is 15.1. The van der Waals surface area contributed by atoms with Crippen molar-refractivity contribution in [3.8, 4) is 0 Å². The number of carbonyl (C=O) groups is 3. The standard InChI is InChI=1S/C24H26N4O3/c29-20-14-28(12-11-25-20)23(30)17-7-5-15(6-8-17)13-26-24(31)27-22-19-10-9-16-3-1-2-4-18(16)21(19)22/h1-8,19,21-22H,9-14H2,(H,25,29)(H2,26,27,31). The number of benzene rings is 2. The maximum Gasteiger partial charge on any atom is 0.315 e. The third kappa shape index (κ3) is 4.00. The van der Waals surface area contributed by atoms with E-state index in [1.807, 2.05) is 12.1 Å². The van der Waals surface area contributed by atoms with E-state index in [2.05, 4.69) is 40.2 Å². The van der Waals surface area contributed by atoms with Crippen molar-refractivity contribution in [1.82, 2.24) is 20.9 Å². The summed E-state index contributed by atoms with van der Waals surface area (Å²) in [5.74, 6) is 0.704. The molecule has 1 aliphatic heterocycles. The lowest BCUT2D eigenvalue weighted by Gasteiger charge is -2.26. The zero-order valence-electron chi connectivity index (χ0n) is 17.3. The predicted molar refractivity (Wildman–Crippen MR) is 116 cm³/mol. The lowest BCUT2D eigenvalue weighted by atomic mass is 9.92. The molecule has 2 aromatic rings. The Morgan fingerprint density at radius 2 is 1.90 bits per heavy atom. The van der Waals surface area contributed by atoms with Crippen LogP contribution in [0.5, 0.6) is 0 Å². The van der Waals surface area contributed by atoms with Crippen LogP contribution in [-0.4, -0.2) is 48.4 Å². The van der Waals surface area contributed by atoms with E-state index < -0.39 is 0 Å². The first-order valence-corrected chi connectivity index (χ1v) is 10.9. The molecule has 7 nitrogen and oxygen atoms in total. The number of carbonyl (C=O) groups excluding carboxylic acids is 3. The first kappa shape index (κ1) is 19.6. The van der Waals surface area contributed by atoms with E-state index in [1.165, 1.54) is 11.1 Å². The molecule has 1 saturated heterocycles. The molecule has 0 aromatic heterocycles. The van der Waals surface area contributed by atoms with Crippen LogP contribution in [-0.2, 0) is 17.8 Å². The Balaban J connectivity index is 1.12. The lowest BCUT2D eigenvalue weighted by Crippen LogP contribution is -2.49. The Kier molecular flexibility index (Phi) is 5.10. The van der Waals surface area contributed by atoms with Gasteiger partial charge >= 0.3 is 6.03 Å². The van der Waals surface area contributed by atoms with Gasteiger partial charge in [-0.2, -0.15) is 0 Å². The van der Waals surface area contributed by atoms with E-state index in [4.69, 9.17) is 0 Å². The highest BCUT2D eigenvalue weighted by molar-refractivity contribution is 5.97. The predicted octanol–water partition coefficient (Wildman–Crippen LogP) is 1.79. The Hall–Kier alpha value is -3.35. The van der Waals surface area contributed by atoms with E-state index >= 15 is 0 Å². The fourth-order valence-corrected chi connectivity index (χ4v) is 4.91. The molecule has 160 valence electrons. The molecule has 1 saturated carbocycles. The van der Waals surface area contributed by atoms with Gasteiger partial charge in [-0.15, -0.1) is 0 Å². The van der Waals surface area contributed by atoms with Gasteiger partial charge in [0.2, 0.25) is 5.91 Å². The van der Waals surface area contributed by atoms with Crippen molar-refractivity contribution >= 4 is 17.8 Å². The van der Waals surface area contributed by atoms with Gasteiger partial charge in [-0.1, -0.05) is 36.4 Å². The molecule has 2 aromatic carbocycles. The SMILES string of the molecule is O=C1CN(C(=O)c2ccc(CNC(=O)NC3C4CCc5ccccc5C43)cc2)CCN1. The molecule has 31 heavy (non-hydrogen) atoms. The summed E-state index contributed by atoms with van der Waals surface area (Å²) in [6.07, 6.45) is 2.21. The summed E-state index contributed by atoms with van der Waals surface area (Å²) in [5.41, 5.74) is 4.26. The number of rotatable bonds is 4. The maximum absolute atomic E-state index is 12.5. The highest BCUT2D eigenvalue weighted by Gasteiger charge is 2.53. The summed E-state index contributed by atoms with van der Waals surface area (Å²) in [5, 5.41) is 8.77. The minimum Gasteiger partial charge on any atom is -0.353 e. The van der Waals surface area contributed by atoms with Crippen molar-refractivity contribution in [2.75, 3.05) is 19.6 Å². The van der Waals surface area contributed by atoms with Gasteiger partial charge < -0.3 is 20.9 Å². The van der Waals surface area contributed by atoms with E-state index in [0.717, 1.165) is 18.4 Å². The quantitative estimate of drug-likeness (QED) is 0.707. The van der Waals surface area contributed by atoms with Crippen LogP contribution >= 0.6 is 0 Å². The van der Waals surface area contributed by atoms with Gasteiger partial charge in [-0.05, 0) is 47.6 Å².